The number of nitrogens with zero attached hydrogens (tertiary/aromatic N) is 1. The maximum absolute atomic E-state index is 12.1. The monoisotopic (exact) mass is 390 g/mol. The van der Waals surface area contributed by atoms with Gasteiger partial charge in [0.05, 0.1) is 13.2 Å². The Labute approximate surface area is 163 Å². The fourth-order valence-electron chi connectivity index (χ4n) is 2.41. The summed E-state index contributed by atoms with van der Waals surface area (Å²) >= 11 is 0. The second-order valence-corrected chi connectivity index (χ2v) is 6.79. The van der Waals surface area contributed by atoms with E-state index in [-0.39, 0.29) is 19.9 Å². The average molecular weight is 390 g/mol. The van der Waals surface area contributed by atoms with E-state index in [2.05, 4.69) is 18.8 Å². The number of H-pyrrole nitrogens is 1. The van der Waals surface area contributed by atoms with E-state index in [1.165, 1.54) is 17.7 Å². The number of aromatic amines is 1. The summed E-state index contributed by atoms with van der Waals surface area (Å²) in [7, 11) is 0. The lowest BCUT2D eigenvalue weighted by Crippen LogP contribution is -2.32. The molecule has 0 spiro atoms. The number of rotatable bonds is 10. The van der Waals surface area contributed by atoms with Crippen molar-refractivity contribution < 1.29 is 19.0 Å². The predicted molar refractivity (Wildman–Crippen MR) is 103 cm³/mol. The van der Waals surface area contributed by atoms with E-state index in [1.54, 1.807) is 0 Å². The van der Waals surface area contributed by atoms with Crippen LogP contribution in [0, 0.1) is 5.92 Å². The molecule has 1 aromatic carbocycles. The molecule has 0 aliphatic heterocycles. The fourth-order valence-corrected chi connectivity index (χ4v) is 2.41. The van der Waals surface area contributed by atoms with Crippen LogP contribution in [0.15, 0.2) is 40.1 Å². The summed E-state index contributed by atoms with van der Waals surface area (Å²) in [5.41, 5.74) is 0.335. The summed E-state index contributed by atoms with van der Waals surface area (Å²) < 4.78 is 17.1. The second kappa shape index (κ2) is 10.5. The smallest absolute Gasteiger partial charge is 0.330 e. The molecule has 0 aliphatic carbocycles. The zero-order valence-corrected chi connectivity index (χ0v) is 16.4. The molecular weight excluding hydrogens is 364 g/mol. The number of nitrogens with one attached hydrogen (secondary N) is 1. The number of esters is 1. The van der Waals surface area contributed by atoms with Crippen LogP contribution >= 0.6 is 0 Å². The Kier molecular flexibility index (Phi) is 8.01. The van der Waals surface area contributed by atoms with Gasteiger partial charge in [0.15, 0.2) is 0 Å². The standard InChI is InChI=1S/C20H26N2O6/c1-14(2)12-28-18-6-4-5-16(10-18)9-17-11-22(20(25)21-19(17)24)13-26-7-8-27-15(3)23/h4-6,10-11,14H,7-9,12-13H2,1-3H3,(H,21,24,25). The number of hydrogen-bond acceptors (Lipinski definition) is 6. The zero-order chi connectivity index (χ0) is 20.5. The zero-order valence-electron chi connectivity index (χ0n) is 16.4. The Balaban J connectivity index is 2.05. The highest BCUT2D eigenvalue weighted by Gasteiger charge is 2.08. The summed E-state index contributed by atoms with van der Waals surface area (Å²) in [5, 5.41) is 0. The van der Waals surface area contributed by atoms with Gasteiger partial charge in [-0.15, -0.1) is 0 Å². The van der Waals surface area contributed by atoms with Gasteiger partial charge in [-0.25, -0.2) is 4.79 Å². The third kappa shape index (κ3) is 7.03. The number of aromatic nitrogens is 2. The van der Waals surface area contributed by atoms with E-state index < -0.39 is 17.2 Å². The van der Waals surface area contributed by atoms with Crippen LogP contribution in [0.4, 0.5) is 0 Å². The molecule has 0 bridgehead atoms. The number of hydrogen-bond donors (Lipinski definition) is 1. The lowest BCUT2D eigenvalue weighted by molar-refractivity contribution is -0.142. The van der Waals surface area contributed by atoms with Crippen molar-refractivity contribution in [3.05, 3.63) is 62.4 Å². The summed E-state index contributed by atoms with van der Waals surface area (Å²) in [4.78, 5) is 37.1. The molecule has 2 rings (SSSR count). The van der Waals surface area contributed by atoms with Gasteiger partial charge in [-0.1, -0.05) is 26.0 Å². The lowest BCUT2D eigenvalue weighted by Gasteiger charge is -2.11. The van der Waals surface area contributed by atoms with Crippen LogP contribution in [0.1, 0.15) is 31.9 Å². The summed E-state index contributed by atoms with van der Waals surface area (Å²) in [6.07, 6.45) is 1.83. The van der Waals surface area contributed by atoms with Gasteiger partial charge in [-0.05, 0) is 23.6 Å². The Bertz CT molecular complexity index is 900. The molecule has 0 fully saturated rings. The van der Waals surface area contributed by atoms with E-state index in [4.69, 9.17) is 14.2 Å². The minimum Gasteiger partial charge on any atom is -0.493 e. The van der Waals surface area contributed by atoms with Crippen molar-refractivity contribution >= 4 is 5.97 Å². The van der Waals surface area contributed by atoms with Crippen LogP contribution in [0.5, 0.6) is 5.75 Å². The van der Waals surface area contributed by atoms with Gasteiger partial charge in [-0.2, -0.15) is 0 Å². The van der Waals surface area contributed by atoms with Crippen molar-refractivity contribution in [1.29, 1.82) is 0 Å². The Morgan fingerprint density at radius 1 is 1.21 bits per heavy atom. The lowest BCUT2D eigenvalue weighted by atomic mass is 10.1. The van der Waals surface area contributed by atoms with Gasteiger partial charge in [-0.3, -0.25) is 19.1 Å². The maximum Gasteiger partial charge on any atom is 0.330 e. The Morgan fingerprint density at radius 2 is 2.00 bits per heavy atom. The molecule has 1 N–H and O–H groups in total. The van der Waals surface area contributed by atoms with Crippen LogP contribution in [-0.2, 0) is 27.4 Å². The minimum atomic E-state index is -0.560. The van der Waals surface area contributed by atoms with Crippen LogP contribution in [0.25, 0.3) is 0 Å². The Morgan fingerprint density at radius 3 is 2.71 bits per heavy atom. The van der Waals surface area contributed by atoms with Crippen LogP contribution in [-0.4, -0.2) is 35.3 Å². The first-order valence-electron chi connectivity index (χ1n) is 9.10. The molecule has 0 atom stereocenters. The molecule has 28 heavy (non-hydrogen) atoms. The highest BCUT2D eigenvalue weighted by Crippen LogP contribution is 2.16. The quantitative estimate of drug-likeness (QED) is 0.490. The molecule has 152 valence electrons. The van der Waals surface area contributed by atoms with Gasteiger partial charge in [0.1, 0.15) is 19.1 Å². The molecular formula is C20H26N2O6. The molecule has 1 aromatic heterocycles. The van der Waals surface area contributed by atoms with Crippen LogP contribution in [0.3, 0.4) is 0 Å². The molecule has 0 saturated carbocycles. The molecule has 8 nitrogen and oxygen atoms in total. The van der Waals surface area contributed by atoms with Crippen molar-refractivity contribution in [2.75, 3.05) is 19.8 Å². The van der Waals surface area contributed by atoms with Crippen LogP contribution in [0.2, 0.25) is 0 Å². The van der Waals surface area contributed by atoms with Crippen molar-refractivity contribution in [3.8, 4) is 5.75 Å². The molecule has 0 amide bonds. The van der Waals surface area contributed by atoms with E-state index in [0.29, 0.717) is 24.5 Å². The molecule has 2 aromatic rings. The number of benzene rings is 1. The van der Waals surface area contributed by atoms with Crippen LogP contribution < -0.4 is 16.0 Å². The average Bonchev–Trinajstić information content (AvgIpc) is 2.63. The normalized spacial score (nSPS) is 10.9. The van der Waals surface area contributed by atoms with Gasteiger partial charge < -0.3 is 14.2 Å². The highest BCUT2D eigenvalue weighted by molar-refractivity contribution is 5.65. The van der Waals surface area contributed by atoms with E-state index in [0.717, 1.165) is 11.3 Å². The molecule has 0 saturated heterocycles. The minimum absolute atomic E-state index is 0.0541. The predicted octanol–water partition coefficient (Wildman–Crippen LogP) is 1.70. The van der Waals surface area contributed by atoms with Crippen molar-refractivity contribution in [2.24, 2.45) is 5.92 Å². The largest absolute Gasteiger partial charge is 0.493 e. The molecule has 0 radical (unpaired) electrons. The third-order valence-corrected chi connectivity index (χ3v) is 3.72. The van der Waals surface area contributed by atoms with Gasteiger partial charge in [0, 0.05) is 25.1 Å². The summed E-state index contributed by atoms with van der Waals surface area (Å²) in [6.45, 7) is 6.25. The molecule has 0 aliphatic rings. The highest BCUT2D eigenvalue weighted by atomic mass is 16.6. The van der Waals surface area contributed by atoms with E-state index in [1.807, 2.05) is 24.3 Å². The van der Waals surface area contributed by atoms with E-state index >= 15 is 0 Å². The van der Waals surface area contributed by atoms with Crippen molar-refractivity contribution in [3.63, 3.8) is 0 Å². The fraction of sp³-hybridized carbons (Fsp3) is 0.450. The number of ether oxygens (including phenoxy) is 3. The van der Waals surface area contributed by atoms with Gasteiger partial charge >= 0.3 is 11.7 Å². The number of carbonyl (C=O) groups excluding carboxylic acids is 1. The van der Waals surface area contributed by atoms with Gasteiger partial charge in [0.2, 0.25) is 0 Å². The topological polar surface area (TPSA) is 99.6 Å². The first-order chi connectivity index (χ1) is 13.3. The summed E-state index contributed by atoms with van der Waals surface area (Å²) in [6, 6.07) is 7.51. The van der Waals surface area contributed by atoms with Gasteiger partial charge in [0.25, 0.3) is 5.56 Å². The first kappa shape index (κ1) is 21.4. The Hall–Kier alpha value is -2.87. The molecule has 1 heterocycles. The molecule has 8 heteroatoms. The SMILES string of the molecule is CC(=O)OCCOCn1cc(Cc2cccc(OCC(C)C)c2)c(=O)[nH]c1=O. The van der Waals surface area contributed by atoms with E-state index in [9.17, 15) is 14.4 Å². The number of carbonyl (C=O) groups is 1. The second-order valence-electron chi connectivity index (χ2n) is 6.79. The van der Waals surface area contributed by atoms with Crippen molar-refractivity contribution in [1.82, 2.24) is 9.55 Å². The first-order valence-corrected chi connectivity index (χ1v) is 9.10. The van der Waals surface area contributed by atoms with Crippen molar-refractivity contribution in [2.45, 2.75) is 33.9 Å². The summed E-state index contributed by atoms with van der Waals surface area (Å²) in [5.74, 6) is 0.757. The molecule has 0 unspecified atom stereocenters. The third-order valence-electron chi connectivity index (χ3n) is 3.72. The maximum atomic E-state index is 12.1.